The van der Waals surface area contributed by atoms with Crippen LogP contribution in [-0.2, 0) is 6.54 Å². The first-order valence-corrected chi connectivity index (χ1v) is 9.91. The first-order valence-electron chi connectivity index (χ1n) is 9.91. The molecule has 0 unspecified atom stereocenters. The predicted molar refractivity (Wildman–Crippen MR) is 116 cm³/mol. The van der Waals surface area contributed by atoms with Gasteiger partial charge in [0.1, 0.15) is 0 Å². The first kappa shape index (κ1) is 19.5. The summed E-state index contributed by atoms with van der Waals surface area (Å²) >= 11 is 0. The maximum atomic E-state index is 12.9. The number of nitrogens with one attached hydrogen (secondary N) is 1. The minimum Gasteiger partial charge on any atom is -0.348 e. The summed E-state index contributed by atoms with van der Waals surface area (Å²) in [5.41, 5.74) is 4.34. The lowest BCUT2D eigenvalue weighted by Gasteiger charge is -2.12. The van der Waals surface area contributed by atoms with Crippen LogP contribution in [0.3, 0.4) is 0 Å². The molecule has 0 aliphatic carbocycles. The highest BCUT2D eigenvalue weighted by atomic mass is 16.1. The molecule has 6 nitrogen and oxygen atoms in total. The molecule has 1 amide bonds. The molecule has 3 heterocycles. The van der Waals surface area contributed by atoms with E-state index in [4.69, 9.17) is 0 Å². The van der Waals surface area contributed by atoms with Gasteiger partial charge >= 0.3 is 0 Å². The summed E-state index contributed by atoms with van der Waals surface area (Å²) in [6, 6.07) is 19.5. The monoisotopic (exact) mass is 397 g/mol. The highest BCUT2D eigenvalue weighted by Crippen LogP contribution is 2.22. The molecule has 0 atom stereocenters. The lowest BCUT2D eigenvalue weighted by molar-refractivity contribution is 0.0949. The van der Waals surface area contributed by atoms with Crippen LogP contribution in [0.15, 0.2) is 79.3 Å². The molecule has 0 saturated heterocycles. The Balaban J connectivity index is 1.53. The molecule has 0 saturated carbocycles. The Kier molecular flexibility index (Phi) is 5.66. The molecule has 150 valence electrons. The lowest BCUT2D eigenvalue weighted by atomic mass is 10.0. The molecule has 0 bridgehead atoms. The Morgan fingerprint density at radius 3 is 2.50 bits per heavy atom. The van der Waals surface area contributed by atoms with Gasteiger partial charge in [0.05, 0.1) is 23.1 Å². The molecule has 4 aromatic rings. The summed E-state index contributed by atoms with van der Waals surface area (Å²) < 4.78 is 1.74. The fraction of sp³-hybridized carbons (Fsp3) is 0.167. The van der Waals surface area contributed by atoms with E-state index < -0.39 is 0 Å². The topological polar surface area (TPSA) is 72.7 Å². The summed E-state index contributed by atoms with van der Waals surface area (Å²) in [5, 5.41) is 7.44. The Labute approximate surface area is 175 Å². The van der Waals surface area contributed by atoms with Gasteiger partial charge < -0.3 is 5.32 Å². The van der Waals surface area contributed by atoms with Crippen molar-refractivity contribution < 1.29 is 4.79 Å². The highest BCUT2D eigenvalue weighted by Gasteiger charge is 2.21. The van der Waals surface area contributed by atoms with Crippen molar-refractivity contribution in [2.75, 3.05) is 0 Å². The van der Waals surface area contributed by atoms with Gasteiger partial charge in [-0.1, -0.05) is 44.2 Å². The fourth-order valence-electron chi connectivity index (χ4n) is 3.40. The quantitative estimate of drug-likeness (QED) is 0.524. The van der Waals surface area contributed by atoms with Gasteiger partial charge in [-0.2, -0.15) is 5.10 Å². The second-order valence-electron chi connectivity index (χ2n) is 7.30. The SMILES string of the molecule is CC(C)c1c(C(=O)NCc2cccc(-c3ccccn3)c2)cnn1-c1ccccn1. The Bertz CT molecular complexity index is 1140. The van der Waals surface area contributed by atoms with Crippen LogP contribution in [0.2, 0.25) is 0 Å². The molecule has 1 aromatic carbocycles. The Hall–Kier alpha value is -3.80. The van der Waals surface area contributed by atoms with Crippen molar-refractivity contribution in [3.05, 3.63) is 96.1 Å². The lowest BCUT2D eigenvalue weighted by Crippen LogP contribution is -2.24. The summed E-state index contributed by atoms with van der Waals surface area (Å²) in [7, 11) is 0. The highest BCUT2D eigenvalue weighted by molar-refractivity contribution is 5.95. The van der Waals surface area contributed by atoms with E-state index in [1.807, 2.05) is 74.5 Å². The summed E-state index contributed by atoms with van der Waals surface area (Å²) in [6.07, 6.45) is 5.11. The normalized spacial score (nSPS) is 10.9. The van der Waals surface area contributed by atoms with Crippen LogP contribution in [-0.4, -0.2) is 25.7 Å². The fourth-order valence-corrected chi connectivity index (χ4v) is 3.40. The number of hydrogen-bond donors (Lipinski definition) is 1. The molecular weight excluding hydrogens is 374 g/mol. The largest absolute Gasteiger partial charge is 0.348 e. The van der Waals surface area contributed by atoms with Crippen molar-refractivity contribution in [1.82, 2.24) is 25.1 Å². The number of carbonyl (C=O) groups excluding carboxylic acids is 1. The average Bonchev–Trinajstić information content (AvgIpc) is 3.25. The van der Waals surface area contributed by atoms with Crippen molar-refractivity contribution >= 4 is 5.91 Å². The minimum absolute atomic E-state index is 0.114. The average molecular weight is 397 g/mol. The number of carbonyl (C=O) groups is 1. The molecule has 0 fully saturated rings. The smallest absolute Gasteiger partial charge is 0.255 e. The third-order valence-corrected chi connectivity index (χ3v) is 4.80. The van der Waals surface area contributed by atoms with E-state index in [9.17, 15) is 4.79 Å². The molecular formula is C24H23N5O. The molecule has 1 N–H and O–H groups in total. The Morgan fingerprint density at radius 2 is 1.80 bits per heavy atom. The molecule has 3 aromatic heterocycles. The zero-order chi connectivity index (χ0) is 20.9. The molecule has 0 aliphatic rings. The van der Waals surface area contributed by atoms with E-state index >= 15 is 0 Å². The van der Waals surface area contributed by atoms with Crippen LogP contribution in [0.25, 0.3) is 17.1 Å². The van der Waals surface area contributed by atoms with Gasteiger partial charge in [0.25, 0.3) is 5.91 Å². The zero-order valence-corrected chi connectivity index (χ0v) is 17.0. The third kappa shape index (κ3) is 4.12. The molecule has 6 heteroatoms. The Morgan fingerprint density at radius 1 is 1.00 bits per heavy atom. The predicted octanol–water partition coefficient (Wildman–Crippen LogP) is 4.38. The molecule has 0 aliphatic heterocycles. The van der Waals surface area contributed by atoms with Gasteiger partial charge in [-0.3, -0.25) is 9.78 Å². The van der Waals surface area contributed by atoms with Gasteiger partial charge in [0.2, 0.25) is 0 Å². The number of aromatic nitrogens is 4. The summed E-state index contributed by atoms with van der Waals surface area (Å²) in [6.45, 7) is 4.51. The van der Waals surface area contributed by atoms with E-state index in [0.29, 0.717) is 17.9 Å². The molecule has 4 rings (SSSR count). The van der Waals surface area contributed by atoms with E-state index in [2.05, 4.69) is 20.4 Å². The van der Waals surface area contributed by atoms with Crippen molar-refractivity contribution in [2.24, 2.45) is 0 Å². The number of benzene rings is 1. The van der Waals surface area contributed by atoms with Crippen LogP contribution in [0.4, 0.5) is 0 Å². The molecule has 0 spiro atoms. The van der Waals surface area contributed by atoms with E-state index in [-0.39, 0.29) is 11.8 Å². The zero-order valence-electron chi connectivity index (χ0n) is 17.0. The number of nitrogens with zero attached hydrogens (tertiary/aromatic N) is 4. The van der Waals surface area contributed by atoms with E-state index in [0.717, 1.165) is 22.5 Å². The summed E-state index contributed by atoms with van der Waals surface area (Å²) in [4.78, 5) is 21.7. The van der Waals surface area contributed by atoms with Gasteiger partial charge in [-0.25, -0.2) is 9.67 Å². The van der Waals surface area contributed by atoms with Crippen LogP contribution < -0.4 is 5.32 Å². The third-order valence-electron chi connectivity index (χ3n) is 4.80. The van der Waals surface area contributed by atoms with Crippen LogP contribution in [0.1, 0.15) is 41.4 Å². The second kappa shape index (κ2) is 8.69. The van der Waals surface area contributed by atoms with Gasteiger partial charge in [-0.15, -0.1) is 0 Å². The number of amides is 1. The van der Waals surface area contributed by atoms with E-state index in [1.54, 1.807) is 23.3 Å². The van der Waals surface area contributed by atoms with E-state index in [1.165, 1.54) is 0 Å². The standard InChI is InChI=1S/C24H23N5O/c1-17(2)23-20(16-28-29(23)22-11-4-6-13-26-22)24(30)27-15-18-8-7-9-19(14-18)21-10-3-5-12-25-21/h3-14,16-17H,15H2,1-2H3,(H,27,30). The van der Waals surface area contributed by atoms with Crippen LogP contribution >= 0.6 is 0 Å². The van der Waals surface area contributed by atoms with Crippen LogP contribution in [0, 0.1) is 0 Å². The number of rotatable bonds is 6. The first-order chi connectivity index (χ1) is 14.6. The van der Waals surface area contributed by atoms with Crippen molar-refractivity contribution in [2.45, 2.75) is 26.3 Å². The number of pyridine rings is 2. The van der Waals surface area contributed by atoms with Gasteiger partial charge in [0, 0.05) is 24.5 Å². The summed E-state index contributed by atoms with van der Waals surface area (Å²) in [5.74, 6) is 0.662. The molecule has 30 heavy (non-hydrogen) atoms. The van der Waals surface area contributed by atoms with Crippen molar-refractivity contribution in [3.63, 3.8) is 0 Å². The van der Waals surface area contributed by atoms with Crippen LogP contribution in [0.5, 0.6) is 0 Å². The van der Waals surface area contributed by atoms with Crippen molar-refractivity contribution in [1.29, 1.82) is 0 Å². The second-order valence-corrected chi connectivity index (χ2v) is 7.30. The minimum atomic E-state index is -0.149. The van der Waals surface area contributed by atoms with Gasteiger partial charge in [-0.05, 0) is 41.8 Å². The van der Waals surface area contributed by atoms with Gasteiger partial charge in [0.15, 0.2) is 5.82 Å². The number of hydrogen-bond acceptors (Lipinski definition) is 4. The maximum absolute atomic E-state index is 12.9. The maximum Gasteiger partial charge on any atom is 0.255 e. The molecule has 0 radical (unpaired) electrons. The van der Waals surface area contributed by atoms with Crippen molar-refractivity contribution in [3.8, 4) is 17.1 Å².